The van der Waals surface area contributed by atoms with Crippen LogP contribution in [-0.4, -0.2) is 23.7 Å². The number of rotatable bonds is 7. The van der Waals surface area contributed by atoms with Crippen LogP contribution in [0.15, 0.2) is 28.7 Å². The number of hydrogen-bond acceptors (Lipinski definition) is 2. The van der Waals surface area contributed by atoms with Crippen molar-refractivity contribution in [1.29, 1.82) is 0 Å². The van der Waals surface area contributed by atoms with Gasteiger partial charge in [0, 0.05) is 28.8 Å². The number of nitrogens with zero attached hydrogens (tertiary/aromatic N) is 1. The standard InChI is InChI=1S/C16H20BrNO2/c1-2-3-10-18(13-7-8-13)14-6-4-12(15(17)11-14)5-9-16(19)20/h4-6,9,11,13H,2-3,7-8,10H2,1H3,(H,19,20)/b9-5+. The third kappa shape index (κ3) is 4.10. The first-order chi connectivity index (χ1) is 9.61. The van der Waals surface area contributed by atoms with Gasteiger partial charge in [-0.15, -0.1) is 0 Å². The van der Waals surface area contributed by atoms with Crippen LogP contribution in [0, 0.1) is 0 Å². The zero-order valence-electron chi connectivity index (χ0n) is 11.7. The lowest BCUT2D eigenvalue weighted by Gasteiger charge is -2.25. The minimum absolute atomic E-state index is 0.689. The quantitative estimate of drug-likeness (QED) is 0.753. The first kappa shape index (κ1) is 15.1. The SMILES string of the molecule is CCCCN(c1ccc(/C=C/C(=O)O)c(Br)c1)C1CC1. The van der Waals surface area contributed by atoms with E-state index in [1.54, 1.807) is 6.08 Å². The third-order valence-corrected chi connectivity index (χ3v) is 4.15. The maximum absolute atomic E-state index is 10.6. The van der Waals surface area contributed by atoms with Gasteiger partial charge < -0.3 is 10.0 Å². The molecule has 1 aromatic rings. The third-order valence-electron chi connectivity index (χ3n) is 3.46. The predicted molar refractivity (Wildman–Crippen MR) is 86.1 cm³/mol. The van der Waals surface area contributed by atoms with Crippen molar-refractivity contribution in [3.05, 3.63) is 34.3 Å². The van der Waals surface area contributed by atoms with Gasteiger partial charge in [0.1, 0.15) is 0 Å². The van der Waals surface area contributed by atoms with Crippen molar-refractivity contribution in [3.8, 4) is 0 Å². The number of hydrogen-bond donors (Lipinski definition) is 1. The monoisotopic (exact) mass is 337 g/mol. The van der Waals surface area contributed by atoms with E-state index in [-0.39, 0.29) is 0 Å². The molecule has 1 saturated carbocycles. The van der Waals surface area contributed by atoms with Crippen molar-refractivity contribution in [3.63, 3.8) is 0 Å². The largest absolute Gasteiger partial charge is 0.478 e. The average Bonchev–Trinajstić information content (AvgIpc) is 3.22. The summed E-state index contributed by atoms with van der Waals surface area (Å²) in [4.78, 5) is 13.0. The lowest BCUT2D eigenvalue weighted by molar-refractivity contribution is -0.131. The molecule has 0 heterocycles. The Bertz CT molecular complexity index is 509. The smallest absolute Gasteiger partial charge is 0.328 e. The van der Waals surface area contributed by atoms with Gasteiger partial charge >= 0.3 is 5.97 Å². The molecule has 4 heteroatoms. The van der Waals surface area contributed by atoms with Crippen LogP contribution in [-0.2, 0) is 4.79 Å². The van der Waals surface area contributed by atoms with E-state index < -0.39 is 5.97 Å². The Kier molecular flexibility index (Phi) is 5.24. The molecule has 0 unspecified atom stereocenters. The number of unbranched alkanes of at least 4 members (excludes halogenated alkanes) is 1. The minimum Gasteiger partial charge on any atom is -0.478 e. The van der Waals surface area contributed by atoms with Gasteiger partial charge in [-0.25, -0.2) is 4.79 Å². The Balaban J connectivity index is 2.15. The van der Waals surface area contributed by atoms with Crippen molar-refractivity contribution >= 4 is 33.7 Å². The van der Waals surface area contributed by atoms with Gasteiger partial charge in [0.25, 0.3) is 0 Å². The molecular weight excluding hydrogens is 318 g/mol. The summed E-state index contributed by atoms with van der Waals surface area (Å²) < 4.78 is 0.939. The van der Waals surface area contributed by atoms with E-state index in [2.05, 4.69) is 39.9 Å². The Hall–Kier alpha value is -1.29. The molecule has 0 aliphatic heterocycles. The summed E-state index contributed by atoms with van der Waals surface area (Å²) in [6.45, 7) is 3.30. The number of anilines is 1. The highest BCUT2D eigenvalue weighted by atomic mass is 79.9. The van der Waals surface area contributed by atoms with Crippen LogP contribution < -0.4 is 4.90 Å². The van der Waals surface area contributed by atoms with Crippen LogP contribution in [0.5, 0.6) is 0 Å². The van der Waals surface area contributed by atoms with Crippen molar-refractivity contribution in [2.24, 2.45) is 0 Å². The molecular formula is C16H20BrNO2. The van der Waals surface area contributed by atoms with Crippen molar-refractivity contribution in [2.75, 3.05) is 11.4 Å². The summed E-state index contributed by atoms with van der Waals surface area (Å²) in [6, 6.07) is 6.84. The molecule has 1 fully saturated rings. The summed E-state index contributed by atoms with van der Waals surface area (Å²) in [6.07, 6.45) is 7.74. The average molecular weight is 338 g/mol. The van der Waals surface area contributed by atoms with Gasteiger partial charge in [-0.3, -0.25) is 0 Å². The molecule has 0 saturated heterocycles. The summed E-state index contributed by atoms with van der Waals surface area (Å²) in [7, 11) is 0. The van der Waals surface area contributed by atoms with Gasteiger partial charge in [0.15, 0.2) is 0 Å². The number of carboxylic acids is 1. The van der Waals surface area contributed by atoms with Crippen LogP contribution in [0.4, 0.5) is 5.69 Å². The van der Waals surface area contributed by atoms with Crippen molar-refractivity contribution < 1.29 is 9.90 Å². The number of carboxylic acid groups (broad SMARTS) is 1. The fraction of sp³-hybridized carbons (Fsp3) is 0.438. The second-order valence-electron chi connectivity index (χ2n) is 5.16. The van der Waals surface area contributed by atoms with Crippen LogP contribution in [0.3, 0.4) is 0 Å². The van der Waals surface area contributed by atoms with Gasteiger partial charge in [0.2, 0.25) is 0 Å². The predicted octanol–water partition coefficient (Wildman–Crippen LogP) is 4.32. The fourth-order valence-electron chi connectivity index (χ4n) is 2.23. The minimum atomic E-state index is -0.927. The molecule has 1 aliphatic rings. The fourth-order valence-corrected chi connectivity index (χ4v) is 2.73. The summed E-state index contributed by atoms with van der Waals surface area (Å²) in [5, 5.41) is 8.68. The van der Waals surface area contributed by atoms with Crippen LogP contribution in [0.1, 0.15) is 38.2 Å². The molecule has 108 valence electrons. The second kappa shape index (κ2) is 6.93. The molecule has 0 radical (unpaired) electrons. The number of aliphatic carboxylic acids is 1. The molecule has 0 atom stereocenters. The van der Waals surface area contributed by atoms with E-state index in [0.717, 1.165) is 22.7 Å². The Morgan fingerprint density at radius 2 is 2.25 bits per heavy atom. The second-order valence-corrected chi connectivity index (χ2v) is 6.01. The van der Waals surface area contributed by atoms with Crippen molar-refractivity contribution in [2.45, 2.75) is 38.6 Å². The van der Waals surface area contributed by atoms with E-state index >= 15 is 0 Å². The molecule has 1 aliphatic carbocycles. The molecule has 0 spiro atoms. The summed E-state index contributed by atoms with van der Waals surface area (Å²) in [5.74, 6) is -0.927. The van der Waals surface area contributed by atoms with E-state index in [0.29, 0.717) is 6.04 Å². The summed E-state index contributed by atoms with van der Waals surface area (Å²) in [5.41, 5.74) is 2.11. The highest BCUT2D eigenvalue weighted by molar-refractivity contribution is 9.10. The molecule has 1 N–H and O–H groups in total. The first-order valence-electron chi connectivity index (χ1n) is 7.09. The van der Waals surface area contributed by atoms with Crippen LogP contribution in [0.2, 0.25) is 0 Å². The first-order valence-corrected chi connectivity index (χ1v) is 7.88. The number of benzene rings is 1. The molecule has 0 aromatic heterocycles. The van der Waals surface area contributed by atoms with E-state index in [4.69, 9.17) is 5.11 Å². The van der Waals surface area contributed by atoms with Gasteiger partial charge in [0.05, 0.1) is 0 Å². The van der Waals surface area contributed by atoms with Crippen LogP contribution >= 0.6 is 15.9 Å². The topological polar surface area (TPSA) is 40.5 Å². The Morgan fingerprint density at radius 3 is 2.80 bits per heavy atom. The van der Waals surface area contributed by atoms with E-state index in [1.165, 1.54) is 31.4 Å². The van der Waals surface area contributed by atoms with Crippen molar-refractivity contribution in [1.82, 2.24) is 0 Å². The number of carbonyl (C=O) groups is 1. The maximum atomic E-state index is 10.6. The van der Waals surface area contributed by atoms with Gasteiger partial charge in [-0.05, 0) is 43.0 Å². The zero-order chi connectivity index (χ0) is 14.5. The Morgan fingerprint density at radius 1 is 1.50 bits per heavy atom. The molecule has 2 rings (SSSR count). The van der Waals surface area contributed by atoms with Gasteiger partial charge in [-0.2, -0.15) is 0 Å². The molecule has 0 bridgehead atoms. The van der Waals surface area contributed by atoms with Crippen LogP contribution in [0.25, 0.3) is 6.08 Å². The lowest BCUT2D eigenvalue weighted by Crippen LogP contribution is -2.26. The molecule has 20 heavy (non-hydrogen) atoms. The number of halogens is 1. The molecule has 1 aromatic carbocycles. The zero-order valence-corrected chi connectivity index (χ0v) is 13.3. The molecule has 3 nitrogen and oxygen atoms in total. The Labute approximate surface area is 128 Å². The lowest BCUT2D eigenvalue weighted by atomic mass is 10.1. The molecule has 0 amide bonds. The normalized spacial score (nSPS) is 14.7. The van der Waals surface area contributed by atoms with Gasteiger partial charge in [-0.1, -0.05) is 35.3 Å². The highest BCUT2D eigenvalue weighted by Crippen LogP contribution is 2.34. The maximum Gasteiger partial charge on any atom is 0.328 e. The summed E-state index contributed by atoms with van der Waals surface area (Å²) >= 11 is 3.53. The highest BCUT2D eigenvalue weighted by Gasteiger charge is 2.28. The van der Waals surface area contributed by atoms with E-state index in [9.17, 15) is 4.79 Å². The van der Waals surface area contributed by atoms with E-state index in [1.807, 2.05) is 6.07 Å².